The smallest absolute Gasteiger partial charge is 0.259 e. The molecular weight excluding hydrogens is 462 g/mol. The van der Waals surface area contributed by atoms with Crippen molar-refractivity contribution in [2.45, 2.75) is 6.54 Å². The fourth-order valence-electron chi connectivity index (χ4n) is 4.89. The summed E-state index contributed by atoms with van der Waals surface area (Å²) in [5.74, 6) is 2.94. The predicted octanol–water partition coefficient (Wildman–Crippen LogP) is 2.81. The minimum atomic E-state index is -0.0527. The zero-order chi connectivity index (χ0) is 24.1. The third-order valence-corrected chi connectivity index (χ3v) is 6.80. The van der Waals surface area contributed by atoms with E-state index in [4.69, 9.17) is 18.9 Å². The molecule has 0 radical (unpaired) electrons. The lowest BCUT2D eigenvalue weighted by molar-refractivity contribution is 0.0630. The van der Waals surface area contributed by atoms with Crippen molar-refractivity contribution in [3.05, 3.63) is 66.0 Å². The van der Waals surface area contributed by atoms with Crippen LogP contribution in [0.25, 0.3) is 16.9 Å². The molecule has 5 heterocycles. The number of hydrogen-bond acceptors (Lipinski definition) is 8. The van der Waals surface area contributed by atoms with Crippen molar-refractivity contribution in [2.24, 2.45) is 0 Å². The van der Waals surface area contributed by atoms with Crippen molar-refractivity contribution in [1.29, 1.82) is 0 Å². The van der Waals surface area contributed by atoms with Gasteiger partial charge in [0.15, 0.2) is 28.6 Å². The molecule has 182 valence electrons. The molecule has 7 rings (SSSR count). The highest BCUT2D eigenvalue weighted by molar-refractivity contribution is 6.00. The van der Waals surface area contributed by atoms with Gasteiger partial charge in [0.25, 0.3) is 5.91 Å². The number of hydrogen-bond donors (Lipinski definition) is 0. The molecule has 0 N–H and O–H groups in total. The Labute approximate surface area is 206 Å². The normalized spacial score (nSPS) is 16.6. The summed E-state index contributed by atoms with van der Waals surface area (Å²) in [6, 6.07) is 13.7. The number of carbonyl (C=O) groups excluding carboxylic acids is 1. The lowest BCUT2D eigenvalue weighted by atomic mass is 10.1. The molecule has 36 heavy (non-hydrogen) atoms. The number of piperazine rings is 1. The highest BCUT2D eigenvalue weighted by atomic mass is 16.7. The predicted molar refractivity (Wildman–Crippen MR) is 128 cm³/mol. The molecule has 10 heteroatoms. The van der Waals surface area contributed by atoms with Crippen LogP contribution in [0.3, 0.4) is 0 Å². The minimum absolute atomic E-state index is 0.0527. The van der Waals surface area contributed by atoms with Gasteiger partial charge in [-0.2, -0.15) is 5.10 Å². The van der Waals surface area contributed by atoms with Crippen molar-refractivity contribution < 1.29 is 23.7 Å². The first kappa shape index (κ1) is 21.0. The van der Waals surface area contributed by atoms with Crippen LogP contribution in [-0.2, 0) is 6.54 Å². The average molecular weight is 486 g/mol. The third kappa shape index (κ3) is 3.57. The second-order valence-corrected chi connectivity index (χ2v) is 8.95. The molecule has 0 saturated carbocycles. The maximum Gasteiger partial charge on any atom is 0.259 e. The van der Waals surface area contributed by atoms with E-state index in [1.807, 2.05) is 41.3 Å². The Morgan fingerprint density at radius 2 is 1.56 bits per heavy atom. The molecule has 0 atom stereocenters. The van der Waals surface area contributed by atoms with Crippen molar-refractivity contribution in [3.8, 4) is 34.3 Å². The van der Waals surface area contributed by atoms with E-state index in [0.29, 0.717) is 30.0 Å². The van der Waals surface area contributed by atoms with Crippen molar-refractivity contribution in [2.75, 3.05) is 39.8 Å². The maximum atomic E-state index is 13.4. The lowest BCUT2D eigenvalue weighted by Gasteiger charge is -2.34. The Morgan fingerprint density at radius 1 is 0.833 bits per heavy atom. The van der Waals surface area contributed by atoms with Gasteiger partial charge in [0, 0.05) is 44.5 Å². The van der Waals surface area contributed by atoms with E-state index in [-0.39, 0.29) is 19.5 Å². The van der Waals surface area contributed by atoms with Crippen LogP contribution in [0.15, 0.2) is 54.9 Å². The molecular formula is C26H23N5O5. The summed E-state index contributed by atoms with van der Waals surface area (Å²) in [4.78, 5) is 22.1. The Kier molecular flexibility index (Phi) is 4.91. The number of rotatable bonds is 4. The monoisotopic (exact) mass is 485 g/mol. The summed E-state index contributed by atoms with van der Waals surface area (Å²) in [5, 5.41) is 4.51. The minimum Gasteiger partial charge on any atom is -0.454 e. The first-order valence-corrected chi connectivity index (χ1v) is 11.9. The number of amides is 1. The summed E-state index contributed by atoms with van der Waals surface area (Å²) in [7, 11) is 0. The van der Waals surface area contributed by atoms with Gasteiger partial charge in [0.05, 0.1) is 11.9 Å². The zero-order valence-corrected chi connectivity index (χ0v) is 19.4. The molecule has 10 nitrogen and oxygen atoms in total. The van der Waals surface area contributed by atoms with Crippen molar-refractivity contribution in [3.63, 3.8) is 0 Å². The largest absolute Gasteiger partial charge is 0.454 e. The summed E-state index contributed by atoms with van der Waals surface area (Å²) in [5.41, 5.74) is 3.94. The molecule has 3 aliphatic heterocycles. The van der Waals surface area contributed by atoms with Crippen LogP contribution in [0.4, 0.5) is 0 Å². The van der Waals surface area contributed by atoms with Gasteiger partial charge < -0.3 is 23.8 Å². The standard InChI is InChI=1S/C26H23N5O5/c32-26(30-9-7-29(8-10-30)14-17-1-3-21-23(11-17)35-15-33-21)19-13-28-31-20(5-6-27-25(19)31)18-2-4-22-24(12-18)36-16-34-22/h1-6,11-13H,7-10,14-16H2. The molecule has 0 aliphatic carbocycles. The number of ether oxygens (including phenoxy) is 4. The number of aromatic nitrogens is 3. The summed E-state index contributed by atoms with van der Waals surface area (Å²) >= 11 is 0. The van der Waals surface area contributed by atoms with Gasteiger partial charge in [0.1, 0.15) is 5.56 Å². The maximum absolute atomic E-state index is 13.4. The van der Waals surface area contributed by atoms with Gasteiger partial charge in [-0.25, -0.2) is 9.50 Å². The fraction of sp³-hybridized carbons (Fsp3) is 0.269. The van der Waals surface area contributed by atoms with Gasteiger partial charge in [-0.05, 0) is 42.0 Å². The van der Waals surface area contributed by atoms with E-state index in [1.165, 1.54) is 5.56 Å². The number of nitrogens with zero attached hydrogens (tertiary/aromatic N) is 5. The Bertz CT molecular complexity index is 1480. The topological polar surface area (TPSA) is 90.7 Å². The van der Waals surface area contributed by atoms with Crippen molar-refractivity contribution in [1.82, 2.24) is 24.4 Å². The second kappa shape index (κ2) is 8.42. The number of carbonyl (C=O) groups is 1. The van der Waals surface area contributed by atoms with Crippen LogP contribution in [0.5, 0.6) is 23.0 Å². The Morgan fingerprint density at radius 3 is 2.36 bits per heavy atom. The van der Waals surface area contributed by atoms with Crippen LogP contribution in [0.1, 0.15) is 15.9 Å². The summed E-state index contributed by atoms with van der Waals surface area (Å²) < 4.78 is 23.5. The van der Waals surface area contributed by atoms with E-state index in [0.717, 1.165) is 48.1 Å². The molecule has 1 fully saturated rings. The molecule has 0 unspecified atom stereocenters. The molecule has 1 amide bonds. The Hall–Kier alpha value is -4.31. The van der Waals surface area contributed by atoms with Crippen LogP contribution >= 0.6 is 0 Å². The third-order valence-electron chi connectivity index (χ3n) is 6.80. The van der Waals surface area contributed by atoms with Crippen LogP contribution < -0.4 is 18.9 Å². The van der Waals surface area contributed by atoms with E-state index in [2.05, 4.69) is 21.0 Å². The van der Waals surface area contributed by atoms with Crippen LogP contribution in [0.2, 0.25) is 0 Å². The van der Waals surface area contributed by atoms with Crippen LogP contribution in [0, 0.1) is 0 Å². The summed E-state index contributed by atoms with van der Waals surface area (Å²) in [6.07, 6.45) is 3.32. The van der Waals surface area contributed by atoms with Gasteiger partial charge in [-0.15, -0.1) is 0 Å². The van der Waals surface area contributed by atoms with E-state index in [9.17, 15) is 4.79 Å². The number of benzene rings is 2. The van der Waals surface area contributed by atoms with Crippen LogP contribution in [-0.4, -0.2) is 70.1 Å². The highest BCUT2D eigenvalue weighted by Gasteiger charge is 2.26. The molecule has 2 aromatic carbocycles. The van der Waals surface area contributed by atoms with E-state index < -0.39 is 0 Å². The van der Waals surface area contributed by atoms with Gasteiger partial charge >= 0.3 is 0 Å². The molecule has 3 aliphatic rings. The fourth-order valence-corrected chi connectivity index (χ4v) is 4.89. The molecule has 0 bridgehead atoms. The van der Waals surface area contributed by atoms with E-state index >= 15 is 0 Å². The van der Waals surface area contributed by atoms with Gasteiger partial charge in [0.2, 0.25) is 13.6 Å². The Balaban J connectivity index is 1.06. The zero-order valence-electron chi connectivity index (χ0n) is 19.4. The summed E-state index contributed by atoms with van der Waals surface area (Å²) in [6.45, 7) is 4.15. The first-order chi connectivity index (χ1) is 17.7. The second-order valence-electron chi connectivity index (χ2n) is 8.95. The molecule has 0 spiro atoms. The average Bonchev–Trinajstić information content (AvgIpc) is 3.67. The molecule has 1 saturated heterocycles. The highest BCUT2D eigenvalue weighted by Crippen LogP contribution is 2.36. The first-order valence-electron chi connectivity index (χ1n) is 11.9. The molecule has 4 aromatic rings. The molecule has 2 aromatic heterocycles. The number of fused-ring (bicyclic) bond motifs is 3. The lowest BCUT2D eigenvalue weighted by Crippen LogP contribution is -2.48. The van der Waals surface area contributed by atoms with Gasteiger partial charge in [-0.3, -0.25) is 9.69 Å². The quantitative estimate of drug-likeness (QED) is 0.436. The van der Waals surface area contributed by atoms with E-state index in [1.54, 1.807) is 16.9 Å². The SMILES string of the molecule is O=C(c1cnn2c(-c3ccc4c(c3)OCO4)ccnc12)N1CCN(Cc2ccc3c(c2)OCO3)CC1. The van der Waals surface area contributed by atoms with Crippen molar-refractivity contribution >= 4 is 11.6 Å². The van der Waals surface area contributed by atoms with Gasteiger partial charge in [-0.1, -0.05) is 6.07 Å².